The number of aromatic nitrogens is 3. The molecule has 0 atom stereocenters. The van der Waals surface area contributed by atoms with E-state index in [0.717, 1.165) is 59.4 Å². The number of pyridine rings is 1. The molecule has 1 N–H and O–H groups in total. The predicted octanol–water partition coefficient (Wildman–Crippen LogP) is 3.47. The summed E-state index contributed by atoms with van der Waals surface area (Å²) in [6.45, 7) is 3.65. The minimum absolute atomic E-state index is 0.522. The fourth-order valence-electron chi connectivity index (χ4n) is 3.90. The number of hydrogen-bond donors (Lipinski definition) is 1. The third-order valence-corrected chi connectivity index (χ3v) is 5.52. The molecule has 1 fully saturated rings. The first kappa shape index (κ1) is 16.0. The summed E-state index contributed by atoms with van der Waals surface area (Å²) in [5, 5.41) is 3.55. The van der Waals surface area contributed by atoms with Crippen LogP contribution < -0.4 is 19.5 Å². The standard InChI is InChI=1S/C21H22N4O3/c1-6-25-19-16(10-14(11-18(19)26-7-1)22-12-13-2-3-13)23-20(25)15-4-5-17-21(24-15)28-9-8-27-17/h4-5,10-11,13,22H,1-3,6-9,12H2. The molecule has 4 heterocycles. The molecule has 1 aromatic carbocycles. The lowest BCUT2D eigenvalue weighted by Crippen LogP contribution is -2.16. The molecule has 0 radical (unpaired) electrons. The van der Waals surface area contributed by atoms with Gasteiger partial charge in [-0.2, -0.15) is 0 Å². The van der Waals surface area contributed by atoms with Crippen LogP contribution in [0.5, 0.6) is 17.4 Å². The number of benzene rings is 1. The number of ether oxygens (including phenoxy) is 3. The third-order valence-electron chi connectivity index (χ3n) is 5.52. The van der Waals surface area contributed by atoms with Crippen molar-refractivity contribution in [2.45, 2.75) is 25.8 Å². The number of fused-ring (bicyclic) bond motifs is 1. The Morgan fingerprint density at radius 1 is 1.00 bits per heavy atom. The number of anilines is 1. The van der Waals surface area contributed by atoms with Crippen LogP contribution in [0.2, 0.25) is 0 Å². The van der Waals surface area contributed by atoms with Crippen molar-refractivity contribution in [1.82, 2.24) is 14.5 Å². The Balaban J connectivity index is 1.46. The molecule has 6 rings (SSSR count). The summed E-state index contributed by atoms with van der Waals surface area (Å²) >= 11 is 0. The molecule has 0 saturated heterocycles. The van der Waals surface area contributed by atoms with E-state index in [1.807, 2.05) is 12.1 Å². The van der Waals surface area contributed by atoms with E-state index in [0.29, 0.717) is 31.5 Å². The first-order valence-electron chi connectivity index (χ1n) is 10.0. The van der Waals surface area contributed by atoms with Crippen molar-refractivity contribution in [3.63, 3.8) is 0 Å². The van der Waals surface area contributed by atoms with E-state index in [9.17, 15) is 0 Å². The number of nitrogens with one attached hydrogen (secondary N) is 1. The van der Waals surface area contributed by atoms with Gasteiger partial charge < -0.3 is 24.1 Å². The number of hydrogen-bond acceptors (Lipinski definition) is 6. The van der Waals surface area contributed by atoms with Crippen LogP contribution in [0, 0.1) is 5.92 Å². The Hall–Kier alpha value is -2.96. The summed E-state index contributed by atoms with van der Waals surface area (Å²) in [5.74, 6) is 3.78. The third kappa shape index (κ3) is 2.73. The molecule has 1 aliphatic carbocycles. The highest BCUT2D eigenvalue weighted by Crippen LogP contribution is 2.38. The zero-order valence-electron chi connectivity index (χ0n) is 15.6. The highest BCUT2D eigenvalue weighted by atomic mass is 16.6. The van der Waals surface area contributed by atoms with Crippen molar-refractivity contribution >= 4 is 16.7 Å². The van der Waals surface area contributed by atoms with Crippen molar-refractivity contribution in [2.24, 2.45) is 5.92 Å². The van der Waals surface area contributed by atoms with E-state index in [1.54, 1.807) is 0 Å². The van der Waals surface area contributed by atoms with Crippen LogP contribution >= 0.6 is 0 Å². The van der Waals surface area contributed by atoms with Crippen molar-refractivity contribution in [2.75, 3.05) is 31.7 Å². The molecule has 7 nitrogen and oxygen atoms in total. The van der Waals surface area contributed by atoms with Gasteiger partial charge in [0.05, 0.1) is 12.1 Å². The van der Waals surface area contributed by atoms with Gasteiger partial charge in [0.1, 0.15) is 30.2 Å². The molecular formula is C21H22N4O3. The van der Waals surface area contributed by atoms with Gasteiger partial charge in [-0.15, -0.1) is 0 Å². The summed E-state index contributed by atoms with van der Waals surface area (Å²) < 4.78 is 19.6. The highest BCUT2D eigenvalue weighted by molar-refractivity contribution is 5.89. The molecule has 144 valence electrons. The van der Waals surface area contributed by atoms with Gasteiger partial charge in [-0.1, -0.05) is 0 Å². The summed E-state index contributed by atoms with van der Waals surface area (Å²) in [4.78, 5) is 9.61. The Kier molecular flexibility index (Phi) is 3.60. The monoisotopic (exact) mass is 378 g/mol. The predicted molar refractivity (Wildman–Crippen MR) is 105 cm³/mol. The van der Waals surface area contributed by atoms with E-state index in [1.165, 1.54) is 12.8 Å². The maximum absolute atomic E-state index is 6.06. The molecule has 2 aromatic heterocycles. The van der Waals surface area contributed by atoms with E-state index < -0.39 is 0 Å². The van der Waals surface area contributed by atoms with Crippen LogP contribution in [0.25, 0.3) is 22.6 Å². The molecule has 3 aromatic rings. The number of aryl methyl sites for hydroxylation is 1. The number of rotatable bonds is 4. The molecule has 2 aliphatic heterocycles. The van der Waals surface area contributed by atoms with Crippen LogP contribution in [0.3, 0.4) is 0 Å². The van der Waals surface area contributed by atoms with Gasteiger partial charge in [-0.3, -0.25) is 0 Å². The Morgan fingerprint density at radius 2 is 1.89 bits per heavy atom. The molecule has 0 unspecified atom stereocenters. The Labute approximate surface area is 162 Å². The molecule has 7 heteroatoms. The van der Waals surface area contributed by atoms with Gasteiger partial charge in [0.25, 0.3) is 5.88 Å². The molecule has 0 spiro atoms. The van der Waals surface area contributed by atoms with E-state index in [-0.39, 0.29) is 0 Å². The first-order chi connectivity index (χ1) is 13.8. The lowest BCUT2D eigenvalue weighted by atomic mass is 10.2. The summed E-state index contributed by atoms with van der Waals surface area (Å²) in [6.07, 6.45) is 3.59. The molecule has 28 heavy (non-hydrogen) atoms. The fourth-order valence-corrected chi connectivity index (χ4v) is 3.90. The molecular weight excluding hydrogens is 356 g/mol. The molecule has 1 saturated carbocycles. The number of nitrogens with zero attached hydrogens (tertiary/aromatic N) is 3. The molecule has 0 bridgehead atoms. The highest BCUT2D eigenvalue weighted by Gasteiger charge is 2.24. The summed E-state index contributed by atoms with van der Waals surface area (Å²) in [7, 11) is 0. The first-order valence-corrected chi connectivity index (χ1v) is 10.0. The normalized spacial score (nSPS) is 17.9. The van der Waals surface area contributed by atoms with Crippen LogP contribution in [-0.2, 0) is 6.54 Å². The SMILES string of the molecule is c1cc2c(nc1-c1nc3cc(NCC4CC4)cc4c3n1CCCO4)OCCO2. The second-order valence-corrected chi connectivity index (χ2v) is 7.65. The van der Waals surface area contributed by atoms with Crippen LogP contribution in [-0.4, -0.2) is 40.9 Å². The van der Waals surface area contributed by atoms with E-state index in [2.05, 4.69) is 27.0 Å². The van der Waals surface area contributed by atoms with Crippen molar-refractivity contribution < 1.29 is 14.2 Å². The van der Waals surface area contributed by atoms with Gasteiger partial charge in [0, 0.05) is 24.8 Å². The second-order valence-electron chi connectivity index (χ2n) is 7.65. The minimum atomic E-state index is 0.522. The minimum Gasteiger partial charge on any atom is -0.491 e. The molecule has 3 aliphatic rings. The van der Waals surface area contributed by atoms with Crippen molar-refractivity contribution in [3.05, 3.63) is 24.3 Å². The quantitative estimate of drug-likeness (QED) is 0.750. The van der Waals surface area contributed by atoms with Crippen LogP contribution in [0.4, 0.5) is 5.69 Å². The maximum atomic E-state index is 6.06. The van der Waals surface area contributed by atoms with E-state index in [4.69, 9.17) is 19.2 Å². The maximum Gasteiger partial charge on any atom is 0.257 e. The fraction of sp³-hybridized carbons (Fsp3) is 0.429. The zero-order chi connectivity index (χ0) is 18.5. The van der Waals surface area contributed by atoms with Gasteiger partial charge >= 0.3 is 0 Å². The lowest BCUT2D eigenvalue weighted by molar-refractivity contribution is 0.164. The van der Waals surface area contributed by atoms with Crippen molar-refractivity contribution in [3.8, 4) is 28.9 Å². The van der Waals surface area contributed by atoms with Gasteiger partial charge in [-0.05, 0) is 43.4 Å². The summed E-state index contributed by atoms with van der Waals surface area (Å²) in [5.41, 5.74) is 3.84. The Morgan fingerprint density at radius 3 is 2.82 bits per heavy atom. The topological polar surface area (TPSA) is 70.4 Å². The van der Waals surface area contributed by atoms with Gasteiger partial charge in [0.15, 0.2) is 11.6 Å². The lowest BCUT2D eigenvalue weighted by Gasteiger charge is -2.17. The van der Waals surface area contributed by atoms with E-state index >= 15 is 0 Å². The second kappa shape index (κ2) is 6.29. The average Bonchev–Trinajstić information content (AvgIpc) is 3.51. The van der Waals surface area contributed by atoms with Gasteiger partial charge in [-0.25, -0.2) is 9.97 Å². The van der Waals surface area contributed by atoms with Crippen molar-refractivity contribution in [1.29, 1.82) is 0 Å². The average molecular weight is 378 g/mol. The number of imidazole rings is 1. The zero-order valence-corrected chi connectivity index (χ0v) is 15.6. The van der Waals surface area contributed by atoms with Gasteiger partial charge in [0.2, 0.25) is 0 Å². The largest absolute Gasteiger partial charge is 0.491 e. The van der Waals surface area contributed by atoms with Crippen LogP contribution in [0.15, 0.2) is 24.3 Å². The van der Waals surface area contributed by atoms with Crippen LogP contribution in [0.1, 0.15) is 19.3 Å². The smallest absolute Gasteiger partial charge is 0.257 e. The Bertz CT molecular complexity index is 1060. The molecule has 0 amide bonds. The summed E-state index contributed by atoms with van der Waals surface area (Å²) in [6, 6.07) is 8.10.